The van der Waals surface area contributed by atoms with Crippen LogP contribution >= 0.6 is 11.6 Å². The zero-order chi connectivity index (χ0) is 15.1. The second-order valence-electron chi connectivity index (χ2n) is 4.61. The van der Waals surface area contributed by atoms with Crippen molar-refractivity contribution in [3.8, 4) is 0 Å². The third-order valence-corrected chi connectivity index (χ3v) is 5.14. The molecule has 1 rings (SSSR count). The molecule has 7 heteroatoms. The molecular weight excluding hydrogens is 393 g/mol. The van der Waals surface area contributed by atoms with Crippen LogP contribution in [0.15, 0.2) is 39.4 Å². The van der Waals surface area contributed by atoms with Gasteiger partial charge in [0.25, 0.3) is 0 Å². The monoisotopic (exact) mass is 408 g/mol. The Labute approximate surface area is 126 Å². The Morgan fingerprint density at radius 2 is 1.53 bits per heavy atom. The van der Waals surface area contributed by atoms with Gasteiger partial charge in [-0.15, -0.1) is 0 Å². The van der Waals surface area contributed by atoms with Crippen molar-refractivity contribution < 1.29 is 38.5 Å². The molecule has 0 N–H and O–H groups in total. The summed E-state index contributed by atoms with van der Waals surface area (Å²) in [5.41, 5.74) is 0.0933. The van der Waals surface area contributed by atoms with E-state index in [2.05, 4.69) is 49.1 Å². The van der Waals surface area contributed by atoms with E-state index in [1.807, 2.05) is 6.07 Å². The predicted octanol–water partition coefficient (Wildman–Crippen LogP) is 2.37. The van der Waals surface area contributed by atoms with Crippen LogP contribution in [0.5, 0.6) is 0 Å². The maximum atomic E-state index is 9.75. The fourth-order valence-electron chi connectivity index (χ4n) is 0.762. The molecule has 0 spiro atoms. The van der Waals surface area contributed by atoms with Crippen molar-refractivity contribution in [3.05, 3.63) is 43.0 Å². The minimum atomic E-state index is -6.00. The molecule has 0 aliphatic carbocycles. The van der Waals surface area contributed by atoms with Gasteiger partial charge in [0.1, 0.15) is 0 Å². The minimum Gasteiger partial charge on any atom is -0.418 e. The molecule has 0 heterocycles. The fourth-order valence-corrected chi connectivity index (χ4v) is 3.44. The number of allylic oxidation sites excluding steroid dienone is 1. The molecule has 0 amide bonds. The third kappa shape index (κ3) is 12.5. The van der Waals surface area contributed by atoms with Crippen molar-refractivity contribution in [1.29, 1.82) is 0 Å². The molecule has 0 unspecified atom stereocenters. The largest absolute Gasteiger partial charge is 0.673 e. The average Bonchev–Trinajstić information content (AvgIpc) is 2.23. The maximum absolute atomic E-state index is 9.75. The summed E-state index contributed by atoms with van der Waals surface area (Å²) < 4.78 is 42.6. The van der Waals surface area contributed by atoms with Gasteiger partial charge in [0.2, 0.25) is 0 Å². The van der Waals surface area contributed by atoms with E-state index < -0.39 is 7.25 Å². The quantitative estimate of drug-likeness (QED) is 0.401. The molecule has 0 radical (unpaired) electrons. The lowest BCUT2D eigenvalue weighted by molar-refractivity contribution is -0.557. The van der Waals surface area contributed by atoms with Crippen LogP contribution < -0.4 is 21.2 Å². The van der Waals surface area contributed by atoms with Crippen LogP contribution in [-0.4, -0.2) is 7.25 Å². The molecule has 0 aromatic heterocycles. The minimum absolute atomic E-state index is 0.0734. The van der Waals surface area contributed by atoms with Crippen LogP contribution in [0.1, 0.15) is 20.8 Å². The molecule has 1 aromatic rings. The molecule has 0 aliphatic rings. The molecule has 0 fully saturated rings. The fraction of sp³-hybridized carbons (Fsp3) is 0.333. The van der Waals surface area contributed by atoms with Gasteiger partial charge in [-0.05, 0) is 12.1 Å². The van der Waals surface area contributed by atoms with Crippen LogP contribution in [0.3, 0.4) is 0 Å². The second-order valence-corrected chi connectivity index (χ2v) is 7.51. The Morgan fingerprint density at radius 3 is 1.89 bits per heavy atom. The predicted molar refractivity (Wildman–Crippen MR) is 68.7 cm³/mol. The Hall–Kier alpha value is -0.235. The molecule has 108 valence electrons. The highest BCUT2D eigenvalue weighted by Crippen LogP contribution is 2.26. The van der Waals surface area contributed by atoms with Crippen LogP contribution in [0.4, 0.5) is 17.3 Å². The van der Waals surface area contributed by atoms with E-state index in [1.54, 1.807) is 0 Å². The summed E-state index contributed by atoms with van der Waals surface area (Å²) in [4.78, 5) is 0. The first-order valence-corrected chi connectivity index (χ1v) is 8.12. The normalized spacial score (nSPS) is 12.7. The van der Waals surface area contributed by atoms with Gasteiger partial charge in [-0.25, -0.2) is 0 Å². The lowest BCUT2D eigenvalue weighted by Gasteiger charge is -2.14. The van der Waals surface area contributed by atoms with E-state index in [4.69, 9.17) is 11.6 Å². The maximum Gasteiger partial charge on any atom is 0.673 e. The number of halogens is 6. The highest BCUT2D eigenvalue weighted by atomic mass is 127. The number of hydrogen-bond acceptors (Lipinski definition) is 0. The number of hydrogen-bond donors (Lipinski definition) is 0. The summed E-state index contributed by atoms with van der Waals surface area (Å²) in [6.45, 7) is 6.42. The lowest BCUT2D eigenvalue weighted by Crippen LogP contribution is -3.59. The van der Waals surface area contributed by atoms with Crippen molar-refractivity contribution >= 4 is 18.9 Å². The average molecular weight is 408 g/mol. The van der Waals surface area contributed by atoms with E-state index in [0.717, 1.165) is 5.03 Å². The second kappa shape index (κ2) is 8.14. The molecule has 19 heavy (non-hydrogen) atoms. The standard InChI is InChI=1S/C12H15ClI.BF4/c1-12(2,3)11(13)9-14-10-7-5-4-6-8-10;2-1(3,4)5/h4-9H,1-3H3;/q+1;-1/b11-9-;. The highest BCUT2D eigenvalue weighted by Gasteiger charge is 2.20. The summed E-state index contributed by atoms with van der Waals surface area (Å²) in [5, 5.41) is 0.981. The summed E-state index contributed by atoms with van der Waals surface area (Å²) >= 11 is 6.12. The Balaban J connectivity index is 0.000000555. The van der Waals surface area contributed by atoms with E-state index in [9.17, 15) is 17.3 Å². The Morgan fingerprint density at radius 1 is 1.11 bits per heavy atom. The first-order valence-electron chi connectivity index (χ1n) is 5.42. The topological polar surface area (TPSA) is 0 Å². The smallest absolute Gasteiger partial charge is 0.418 e. The van der Waals surface area contributed by atoms with Crippen LogP contribution in [0.25, 0.3) is 0 Å². The van der Waals surface area contributed by atoms with Gasteiger partial charge >= 0.3 is 28.5 Å². The van der Waals surface area contributed by atoms with Crippen molar-refractivity contribution in [2.75, 3.05) is 0 Å². The number of rotatable bonds is 2. The molecule has 0 atom stereocenters. The molecule has 0 saturated heterocycles. The van der Waals surface area contributed by atoms with Gasteiger partial charge in [0, 0.05) is 5.41 Å². The van der Waals surface area contributed by atoms with Crippen molar-refractivity contribution in [2.24, 2.45) is 5.41 Å². The van der Waals surface area contributed by atoms with Crippen LogP contribution in [0.2, 0.25) is 0 Å². The molecule has 0 aliphatic heterocycles. The zero-order valence-electron chi connectivity index (χ0n) is 10.8. The van der Waals surface area contributed by atoms with Crippen molar-refractivity contribution in [1.82, 2.24) is 0 Å². The van der Waals surface area contributed by atoms with E-state index >= 15 is 0 Å². The van der Waals surface area contributed by atoms with Gasteiger partial charge < -0.3 is 17.3 Å². The highest BCUT2D eigenvalue weighted by molar-refractivity contribution is 6.50. The van der Waals surface area contributed by atoms with Gasteiger partial charge in [0.15, 0.2) is 7.65 Å². The van der Waals surface area contributed by atoms with Crippen LogP contribution in [0, 0.1) is 8.99 Å². The van der Waals surface area contributed by atoms with E-state index in [-0.39, 0.29) is 26.6 Å². The molecule has 1 aromatic carbocycles. The van der Waals surface area contributed by atoms with Crippen molar-refractivity contribution in [2.45, 2.75) is 20.8 Å². The van der Waals surface area contributed by atoms with Gasteiger partial charge in [0.05, 0.1) is 5.03 Å². The third-order valence-electron chi connectivity index (χ3n) is 1.73. The van der Waals surface area contributed by atoms with E-state index in [1.165, 1.54) is 3.57 Å². The first-order chi connectivity index (χ1) is 8.50. The first kappa shape index (κ1) is 18.8. The summed E-state index contributed by atoms with van der Waals surface area (Å²) in [5.74, 6) is 0. The summed E-state index contributed by atoms with van der Waals surface area (Å²) in [6, 6.07) is 10.5. The van der Waals surface area contributed by atoms with Gasteiger partial charge in [-0.2, -0.15) is 0 Å². The molecular formula is C12H15BClF4I. The van der Waals surface area contributed by atoms with Gasteiger partial charge in [-0.1, -0.05) is 50.6 Å². The Bertz CT molecular complexity index is 392. The lowest BCUT2D eigenvalue weighted by atomic mass is 9.97. The van der Waals surface area contributed by atoms with Crippen molar-refractivity contribution in [3.63, 3.8) is 0 Å². The molecule has 0 bridgehead atoms. The van der Waals surface area contributed by atoms with E-state index in [0.29, 0.717) is 0 Å². The molecule has 0 nitrogen and oxygen atoms in total. The van der Waals surface area contributed by atoms with Crippen LogP contribution in [-0.2, 0) is 0 Å². The summed E-state index contributed by atoms with van der Waals surface area (Å²) in [6.07, 6.45) is 0. The zero-order valence-corrected chi connectivity index (χ0v) is 13.7. The Kier molecular flexibility index (Phi) is 8.04. The summed E-state index contributed by atoms with van der Waals surface area (Å²) in [7, 11) is -6.00. The van der Waals surface area contributed by atoms with Gasteiger partial charge in [-0.3, -0.25) is 0 Å². The molecule has 0 saturated carbocycles. The number of benzene rings is 1. The SMILES string of the molecule is CC(C)(C)/C(Cl)=C/[I+]c1ccccc1.F[B-](F)(F)F.